The molecule has 1 atom stereocenters. The average molecular weight is 370 g/mol. The van der Waals surface area contributed by atoms with Crippen molar-refractivity contribution in [2.24, 2.45) is 5.92 Å². The van der Waals surface area contributed by atoms with Crippen LogP contribution in [0.15, 0.2) is 5.38 Å². The molecular weight excluding hydrogens is 344 g/mol. The van der Waals surface area contributed by atoms with Gasteiger partial charge in [0.25, 0.3) is 0 Å². The molecular formula is C17H26N2O5S. The van der Waals surface area contributed by atoms with E-state index in [-0.39, 0.29) is 34.9 Å². The van der Waals surface area contributed by atoms with E-state index in [0.717, 1.165) is 11.3 Å². The average Bonchev–Trinajstić information content (AvgIpc) is 2.98. The molecule has 0 bridgehead atoms. The lowest BCUT2D eigenvalue weighted by Gasteiger charge is -2.32. The maximum absolute atomic E-state index is 12.5. The predicted molar refractivity (Wildman–Crippen MR) is 95.0 cm³/mol. The number of rotatable bonds is 6. The largest absolute Gasteiger partial charge is 0.464 e. The number of nitrogens with zero attached hydrogens (tertiary/aromatic N) is 2. The first-order valence-electron chi connectivity index (χ1n) is 7.99. The first-order valence-corrected chi connectivity index (χ1v) is 8.87. The van der Waals surface area contributed by atoms with Crippen molar-refractivity contribution in [2.75, 3.05) is 14.2 Å². The molecule has 1 aromatic heterocycles. The number of Topliss-reactive ketones (excluding diaryl/α,β-unsaturated/α-hetero) is 1. The number of carbonyl (C=O) groups is 3. The summed E-state index contributed by atoms with van der Waals surface area (Å²) in [6.07, 6.45) is -0.380. The predicted octanol–water partition coefficient (Wildman–Crippen LogP) is 3.39. The highest BCUT2D eigenvalue weighted by molar-refractivity contribution is 7.11. The lowest BCUT2D eigenvalue weighted by Crippen LogP contribution is -2.44. The van der Waals surface area contributed by atoms with Crippen LogP contribution in [0.5, 0.6) is 0 Å². The summed E-state index contributed by atoms with van der Waals surface area (Å²) >= 11 is 1.09. The molecule has 0 aromatic carbocycles. The fraction of sp³-hybridized carbons (Fsp3) is 0.647. The second kappa shape index (κ2) is 8.42. The van der Waals surface area contributed by atoms with Crippen LogP contribution >= 0.6 is 11.3 Å². The van der Waals surface area contributed by atoms with Gasteiger partial charge in [0.1, 0.15) is 5.60 Å². The van der Waals surface area contributed by atoms with Crippen molar-refractivity contribution < 1.29 is 23.9 Å². The van der Waals surface area contributed by atoms with Crippen LogP contribution in [0.4, 0.5) is 4.79 Å². The summed E-state index contributed by atoms with van der Waals surface area (Å²) in [7, 11) is 2.88. The summed E-state index contributed by atoms with van der Waals surface area (Å²) in [6, 6.07) is -0.340. The number of hydrogen-bond acceptors (Lipinski definition) is 7. The van der Waals surface area contributed by atoms with Gasteiger partial charge in [0.2, 0.25) is 0 Å². The Balaban J connectivity index is 2.87. The Morgan fingerprint density at radius 1 is 1.28 bits per heavy atom. The van der Waals surface area contributed by atoms with Gasteiger partial charge >= 0.3 is 12.1 Å². The Bertz CT molecular complexity index is 633. The lowest BCUT2D eigenvalue weighted by molar-refractivity contribution is 0.0173. The molecule has 1 heterocycles. The molecule has 0 saturated carbocycles. The summed E-state index contributed by atoms with van der Waals surface area (Å²) < 4.78 is 9.96. The minimum atomic E-state index is -0.610. The van der Waals surface area contributed by atoms with Crippen LogP contribution < -0.4 is 0 Å². The highest BCUT2D eigenvalue weighted by atomic mass is 32.1. The topological polar surface area (TPSA) is 85.8 Å². The summed E-state index contributed by atoms with van der Waals surface area (Å²) in [4.78, 5) is 41.7. The molecule has 7 nitrogen and oxygen atoms in total. The minimum absolute atomic E-state index is 0.0431. The summed E-state index contributed by atoms with van der Waals surface area (Å²) in [6.45, 7) is 9.23. The highest BCUT2D eigenvalue weighted by Crippen LogP contribution is 2.21. The number of hydrogen-bond donors (Lipinski definition) is 0. The third-order valence-electron chi connectivity index (χ3n) is 3.48. The van der Waals surface area contributed by atoms with Crippen molar-refractivity contribution in [2.45, 2.75) is 52.7 Å². The Kier molecular flexibility index (Phi) is 7.10. The molecule has 0 fully saturated rings. The smallest absolute Gasteiger partial charge is 0.410 e. The molecule has 0 aliphatic heterocycles. The number of esters is 1. The molecule has 0 saturated heterocycles. The van der Waals surface area contributed by atoms with Crippen LogP contribution in [0, 0.1) is 5.92 Å². The Morgan fingerprint density at radius 3 is 2.36 bits per heavy atom. The molecule has 1 unspecified atom stereocenters. The lowest BCUT2D eigenvalue weighted by atomic mass is 9.97. The summed E-state index contributed by atoms with van der Waals surface area (Å²) in [5, 5.41) is 1.71. The van der Waals surface area contributed by atoms with Gasteiger partial charge in [0, 0.05) is 24.9 Å². The highest BCUT2D eigenvalue weighted by Gasteiger charge is 2.30. The molecule has 1 amide bonds. The zero-order valence-corrected chi connectivity index (χ0v) is 16.6. The van der Waals surface area contributed by atoms with E-state index in [9.17, 15) is 14.4 Å². The van der Waals surface area contributed by atoms with E-state index < -0.39 is 17.7 Å². The second-order valence-electron chi connectivity index (χ2n) is 7.06. The van der Waals surface area contributed by atoms with Gasteiger partial charge in [-0.3, -0.25) is 4.79 Å². The van der Waals surface area contributed by atoms with Gasteiger partial charge in [-0.2, -0.15) is 0 Å². The quantitative estimate of drug-likeness (QED) is 0.563. The molecule has 0 radical (unpaired) electrons. The monoisotopic (exact) mass is 370 g/mol. The van der Waals surface area contributed by atoms with Crippen LogP contribution in [0.2, 0.25) is 0 Å². The maximum atomic E-state index is 12.5. The van der Waals surface area contributed by atoms with E-state index in [0.29, 0.717) is 0 Å². The van der Waals surface area contributed by atoms with Crippen LogP contribution in [-0.2, 0) is 9.47 Å². The van der Waals surface area contributed by atoms with Crippen molar-refractivity contribution in [3.63, 3.8) is 0 Å². The first kappa shape index (κ1) is 21.1. The van der Waals surface area contributed by atoms with Gasteiger partial charge in [-0.1, -0.05) is 13.8 Å². The van der Waals surface area contributed by atoms with Gasteiger partial charge < -0.3 is 14.4 Å². The van der Waals surface area contributed by atoms with E-state index in [2.05, 4.69) is 9.72 Å². The van der Waals surface area contributed by atoms with Crippen LogP contribution in [-0.4, -0.2) is 53.5 Å². The number of carbonyl (C=O) groups excluding carboxylic acids is 3. The van der Waals surface area contributed by atoms with Crippen LogP contribution in [0.3, 0.4) is 0 Å². The van der Waals surface area contributed by atoms with Crippen molar-refractivity contribution in [1.82, 2.24) is 9.88 Å². The molecule has 0 aliphatic rings. The van der Waals surface area contributed by atoms with E-state index in [1.54, 1.807) is 27.8 Å². The van der Waals surface area contributed by atoms with Gasteiger partial charge in [-0.25, -0.2) is 14.6 Å². The zero-order chi connectivity index (χ0) is 19.4. The Hall–Kier alpha value is -1.96. The van der Waals surface area contributed by atoms with E-state index in [1.807, 2.05) is 13.8 Å². The van der Waals surface area contributed by atoms with Crippen molar-refractivity contribution in [1.29, 1.82) is 0 Å². The molecule has 0 N–H and O–H groups in total. The van der Waals surface area contributed by atoms with Crippen molar-refractivity contribution in [3.8, 4) is 0 Å². The van der Waals surface area contributed by atoms with Crippen molar-refractivity contribution in [3.05, 3.63) is 16.1 Å². The molecule has 1 rings (SSSR count). The third-order valence-corrected chi connectivity index (χ3v) is 4.36. The number of aromatic nitrogens is 1. The molecule has 25 heavy (non-hydrogen) atoms. The number of ketones is 1. The fourth-order valence-electron chi connectivity index (χ4n) is 2.17. The van der Waals surface area contributed by atoms with Crippen LogP contribution in [0.25, 0.3) is 0 Å². The SMILES string of the molecule is COC(=O)c1csc(C(=O)CC(C(C)C)N(C)C(=O)OC(C)(C)C)n1. The number of amides is 1. The molecule has 0 aliphatic carbocycles. The van der Waals surface area contributed by atoms with E-state index in [1.165, 1.54) is 17.4 Å². The molecule has 8 heteroatoms. The second-order valence-corrected chi connectivity index (χ2v) is 7.92. The maximum Gasteiger partial charge on any atom is 0.410 e. The van der Waals surface area contributed by atoms with Gasteiger partial charge in [0.15, 0.2) is 16.5 Å². The Morgan fingerprint density at radius 2 is 1.88 bits per heavy atom. The first-order chi connectivity index (χ1) is 11.5. The molecule has 140 valence electrons. The summed E-state index contributed by atoms with van der Waals surface area (Å²) in [5.41, 5.74) is -0.501. The minimum Gasteiger partial charge on any atom is -0.464 e. The van der Waals surface area contributed by atoms with Gasteiger partial charge in [0.05, 0.1) is 7.11 Å². The van der Waals surface area contributed by atoms with Gasteiger partial charge in [-0.15, -0.1) is 11.3 Å². The zero-order valence-electron chi connectivity index (χ0n) is 15.8. The Labute approximate surface area is 152 Å². The molecule has 1 aromatic rings. The number of methoxy groups -OCH3 is 1. The van der Waals surface area contributed by atoms with Crippen molar-refractivity contribution >= 4 is 29.2 Å². The van der Waals surface area contributed by atoms with E-state index >= 15 is 0 Å². The van der Waals surface area contributed by atoms with E-state index in [4.69, 9.17) is 4.74 Å². The summed E-state index contributed by atoms with van der Waals surface area (Å²) in [5.74, 6) is -0.766. The van der Waals surface area contributed by atoms with Crippen LogP contribution in [0.1, 0.15) is 61.3 Å². The van der Waals surface area contributed by atoms with Gasteiger partial charge in [-0.05, 0) is 26.7 Å². The standard InChI is InChI=1S/C17H26N2O5S/c1-10(2)12(19(6)16(22)24-17(3,4)5)8-13(20)14-18-11(9-25-14)15(21)23-7/h9-10,12H,8H2,1-7H3. The fourth-order valence-corrected chi connectivity index (χ4v) is 2.90. The number of ether oxygens (including phenoxy) is 2. The normalized spacial score (nSPS) is 12.6. The number of thiazole rings is 1. The third kappa shape index (κ3) is 6.12. The molecule has 0 spiro atoms.